The molecule has 2 aromatic heterocycles. The molecule has 0 aliphatic carbocycles. The van der Waals surface area contributed by atoms with Gasteiger partial charge in [0, 0.05) is 30.0 Å². The zero-order valence-corrected chi connectivity index (χ0v) is 12.5. The summed E-state index contributed by atoms with van der Waals surface area (Å²) in [4.78, 5) is 8.55. The van der Waals surface area contributed by atoms with E-state index in [4.69, 9.17) is 4.74 Å². The molecule has 0 fully saturated rings. The predicted molar refractivity (Wildman–Crippen MR) is 79.9 cm³/mol. The smallest absolute Gasteiger partial charge is 0.145 e. The normalized spacial score (nSPS) is 11.4. The van der Waals surface area contributed by atoms with E-state index in [9.17, 15) is 0 Å². The van der Waals surface area contributed by atoms with Crippen molar-refractivity contribution in [3.63, 3.8) is 0 Å². The fourth-order valence-electron chi connectivity index (χ4n) is 1.62. The van der Waals surface area contributed by atoms with Crippen molar-refractivity contribution in [1.82, 2.24) is 15.3 Å². The van der Waals surface area contributed by atoms with Crippen molar-refractivity contribution in [2.75, 3.05) is 0 Å². The topological polar surface area (TPSA) is 47.0 Å². The summed E-state index contributed by atoms with van der Waals surface area (Å²) in [5, 5.41) is 3.41. The number of aryl methyl sites for hydroxylation is 1. The van der Waals surface area contributed by atoms with Crippen LogP contribution in [0, 0.1) is 6.92 Å². The summed E-state index contributed by atoms with van der Waals surface area (Å²) in [6.45, 7) is 9.06. The molecule has 0 bridgehead atoms. The molecule has 1 N–H and O–H groups in total. The summed E-state index contributed by atoms with van der Waals surface area (Å²) in [5.41, 5.74) is 2.00. The molecular formula is C16H21N3O. The molecule has 2 rings (SSSR count). The number of hydrogen-bond donors (Lipinski definition) is 1. The summed E-state index contributed by atoms with van der Waals surface area (Å²) in [7, 11) is 0. The van der Waals surface area contributed by atoms with Crippen molar-refractivity contribution < 1.29 is 4.74 Å². The number of nitrogens with zero attached hydrogens (tertiary/aromatic N) is 2. The quantitative estimate of drug-likeness (QED) is 0.925. The van der Waals surface area contributed by atoms with Crippen LogP contribution in [0.2, 0.25) is 0 Å². The molecule has 0 aromatic carbocycles. The zero-order valence-electron chi connectivity index (χ0n) is 12.5. The molecule has 4 heteroatoms. The van der Waals surface area contributed by atoms with Crippen LogP contribution in [-0.4, -0.2) is 15.5 Å². The Morgan fingerprint density at radius 3 is 2.55 bits per heavy atom. The highest BCUT2D eigenvalue weighted by Crippen LogP contribution is 2.20. The van der Waals surface area contributed by atoms with Crippen molar-refractivity contribution in [3.8, 4) is 11.5 Å². The van der Waals surface area contributed by atoms with E-state index >= 15 is 0 Å². The minimum Gasteiger partial charge on any atom is -0.456 e. The first-order valence-corrected chi connectivity index (χ1v) is 6.73. The summed E-state index contributed by atoms with van der Waals surface area (Å²) in [5.74, 6) is 1.51. The number of nitrogens with one attached hydrogen (secondary N) is 1. The van der Waals surface area contributed by atoms with Gasteiger partial charge in [-0.3, -0.25) is 9.97 Å². The molecule has 0 saturated carbocycles. The van der Waals surface area contributed by atoms with E-state index in [0.717, 1.165) is 22.9 Å². The van der Waals surface area contributed by atoms with E-state index in [1.807, 2.05) is 31.2 Å². The van der Waals surface area contributed by atoms with Gasteiger partial charge in [0.05, 0.1) is 11.9 Å². The zero-order chi connectivity index (χ0) is 14.6. The first-order chi connectivity index (χ1) is 9.42. The second-order valence-electron chi connectivity index (χ2n) is 5.82. The molecule has 0 saturated heterocycles. The summed E-state index contributed by atoms with van der Waals surface area (Å²) >= 11 is 0. The number of ether oxygens (including phenoxy) is 1. The third-order valence-electron chi connectivity index (χ3n) is 2.71. The van der Waals surface area contributed by atoms with Gasteiger partial charge in [0.25, 0.3) is 0 Å². The number of rotatable bonds is 4. The summed E-state index contributed by atoms with van der Waals surface area (Å²) in [6.07, 6.45) is 3.49. The lowest BCUT2D eigenvalue weighted by atomic mass is 10.1. The van der Waals surface area contributed by atoms with Gasteiger partial charge in [-0.05, 0) is 45.9 Å². The van der Waals surface area contributed by atoms with E-state index < -0.39 is 0 Å². The molecule has 0 aliphatic rings. The Morgan fingerprint density at radius 2 is 1.90 bits per heavy atom. The molecule has 4 nitrogen and oxygen atoms in total. The van der Waals surface area contributed by atoms with E-state index in [1.165, 1.54) is 0 Å². The first kappa shape index (κ1) is 14.5. The Bertz CT molecular complexity index is 559. The van der Waals surface area contributed by atoms with Crippen LogP contribution in [0.5, 0.6) is 11.5 Å². The highest BCUT2D eigenvalue weighted by Gasteiger charge is 2.09. The fraction of sp³-hybridized carbons (Fsp3) is 0.375. The van der Waals surface area contributed by atoms with Crippen LogP contribution in [0.1, 0.15) is 32.2 Å². The van der Waals surface area contributed by atoms with E-state index in [-0.39, 0.29) is 5.54 Å². The van der Waals surface area contributed by atoms with Gasteiger partial charge in [-0.1, -0.05) is 0 Å². The Balaban J connectivity index is 2.04. The van der Waals surface area contributed by atoms with Gasteiger partial charge < -0.3 is 10.1 Å². The molecule has 0 unspecified atom stereocenters. The molecule has 0 amide bonds. The standard InChI is InChI=1S/C16H21N3O/c1-12-5-6-15(11-18-12)20-14-7-8-17-13(9-14)10-19-16(2,3)4/h5-9,11,19H,10H2,1-4H3. The van der Waals surface area contributed by atoms with Gasteiger partial charge in [-0.25, -0.2) is 0 Å². The Kier molecular flexibility index (Phi) is 4.35. The maximum atomic E-state index is 5.78. The van der Waals surface area contributed by atoms with Crippen molar-refractivity contribution in [2.24, 2.45) is 0 Å². The number of pyridine rings is 2. The van der Waals surface area contributed by atoms with Crippen LogP contribution in [0.25, 0.3) is 0 Å². The summed E-state index contributed by atoms with van der Waals surface area (Å²) < 4.78 is 5.78. The molecule has 2 heterocycles. The maximum Gasteiger partial charge on any atom is 0.145 e. The number of aromatic nitrogens is 2. The van der Waals surface area contributed by atoms with Crippen molar-refractivity contribution in [1.29, 1.82) is 0 Å². The Labute approximate surface area is 120 Å². The average Bonchev–Trinajstić information content (AvgIpc) is 2.39. The lowest BCUT2D eigenvalue weighted by Gasteiger charge is -2.20. The lowest BCUT2D eigenvalue weighted by molar-refractivity contribution is 0.419. The first-order valence-electron chi connectivity index (χ1n) is 6.73. The Hall–Kier alpha value is -1.94. The van der Waals surface area contributed by atoms with Crippen molar-refractivity contribution in [2.45, 2.75) is 39.8 Å². The highest BCUT2D eigenvalue weighted by atomic mass is 16.5. The third-order valence-corrected chi connectivity index (χ3v) is 2.71. The maximum absolute atomic E-state index is 5.78. The molecule has 0 atom stereocenters. The van der Waals surface area contributed by atoms with Gasteiger partial charge in [0.2, 0.25) is 0 Å². The fourth-order valence-corrected chi connectivity index (χ4v) is 1.62. The van der Waals surface area contributed by atoms with Gasteiger partial charge in [-0.2, -0.15) is 0 Å². The molecule has 0 aliphatic heterocycles. The van der Waals surface area contributed by atoms with Crippen LogP contribution in [-0.2, 0) is 6.54 Å². The minimum atomic E-state index is 0.0689. The average molecular weight is 271 g/mol. The van der Waals surface area contributed by atoms with Crippen LogP contribution in [0.15, 0.2) is 36.7 Å². The number of hydrogen-bond acceptors (Lipinski definition) is 4. The van der Waals surface area contributed by atoms with Crippen molar-refractivity contribution in [3.05, 3.63) is 48.0 Å². The largest absolute Gasteiger partial charge is 0.456 e. The molecule has 0 radical (unpaired) electrons. The molecule has 106 valence electrons. The molecule has 20 heavy (non-hydrogen) atoms. The molecule has 2 aromatic rings. The van der Waals surface area contributed by atoms with E-state index in [2.05, 4.69) is 36.1 Å². The van der Waals surface area contributed by atoms with Gasteiger partial charge >= 0.3 is 0 Å². The van der Waals surface area contributed by atoms with Crippen LogP contribution in [0.4, 0.5) is 0 Å². The minimum absolute atomic E-state index is 0.0689. The van der Waals surface area contributed by atoms with Crippen molar-refractivity contribution >= 4 is 0 Å². The van der Waals surface area contributed by atoms with Gasteiger partial charge in [-0.15, -0.1) is 0 Å². The van der Waals surface area contributed by atoms with Crippen LogP contribution < -0.4 is 10.1 Å². The second-order valence-corrected chi connectivity index (χ2v) is 5.82. The second kappa shape index (κ2) is 6.01. The third kappa shape index (κ3) is 4.63. The predicted octanol–water partition coefficient (Wildman–Crippen LogP) is 3.47. The lowest BCUT2D eigenvalue weighted by Crippen LogP contribution is -2.35. The van der Waals surface area contributed by atoms with E-state index in [0.29, 0.717) is 6.54 Å². The molecular weight excluding hydrogens is 250 g/mol. The SMILES string of the molecule is Cc1ccc(Oc2ccnc(CNC(C)(C)C)c2)cn1. The summed E-state index contributed by atoms with van der Waals surface area (Å²) in [6, 6.07) is 7.63. The Morgan fingerprint density at radius 1 is 1.10 bits per heavy atom. The molecule has 0 spiro atoms. The highest BCUT2D eigenvalue weighted by molar-refractivity contribution is 5.30. The van der Waals surface area contributed by atoms with E-state index in [1.54, 1.807) is 12.4 Å². The monoisotopic (exact) mass is 271 g/mol. The van der Waals surface area contributed by atoms with Crippen LogP contribution >= 0.6 is 0 Å². The van der Waals surface area contributed by atoms with Gasteiger partial charge in [0.15, 0.2) is 0 Å². The van der Waals surface area contributed by atoms with Gasteiger partial charge in [0.1, 0.15) is 11.5 Å². The van der Waals surface area contributed by atoms with Crippen LogP contribution in [0.3, 0.4) is 0 Å².